The Hall–Kier alpha value is -2.48. The minimum absolute atomic E-state index is 0.00210. The third kappa shape index (κ3) is 5.25. The molecule has 0 aliphatic carbocycles. The second kappa shape index (κ2) is 7.60. The molecule has 1 heterocycles. The molecular weight excluding hydrogens is 340 g/mol. The summed E-state index contributed by atoms with van der Waals surface area (Å²) < 4.78 is 26.9. The number of aromatic nitrogens is 2. The van der Waals surface area contributed by atoms with Crippen molar-refractivity contribution in [3.63, 3.8) is 0 Å². The zero-order valence-corrected chi connectivity index (χ0v) is 15.3. The van der Waals surface area contributed by atoms with Gasteiger partial charge in [-0.1, -0.05) is 26.0 Å². The number of benzene rings is 1. The largest absolute Gasteiger partial charge is 0.368 e. The highest BCUT2D eigenvalue weighted by atomic mass is 32.2. The maximum atomic E-state index is 12.4. The van der Waals surface area contributed by atoms with E-state index < -0.39 is 15.9 Å². The van der Waals surface area contributed by atoms with E-state index in [1.807, 2.05) is 13.8 Å². The second-order valence-electron chi connectivity index (χ2n) is 6.24. The van der Waals surface area contributed by atoms with Crippen molar-refractivity contribution in [1.29, 1.82) is 0 Å². The van der Waals surface area contributed by atoms with Gasteiger partial charge in [0.1, 0.15) is 0 Å². The fourth-order valence-electron chi connectivity index (χ4n) is 2.24. The van der Waals surface area contributed by atoms with Gasteiger partial charge in [0.25, 0.3) is 10.0 Å². The van der Waals surface area contributed by atoms with Crippen LogP contribution in [-0.4, -0.2) is 24.3 Å². The number of hydrogen-bond acceptors (Lipinski definition) is 6. The van der Waals surface area contributed by atoms with Gasteiger partial charge in [0.2, 0.25) is 11.9 Å². The van der Waals surface area contributed by atoms with E-state index in [0.29, 0.717) is 29.3 Å². The van der Waals surface area contributed by atoms with E-state index in [9.17, 15) is 13.2 Å². The molecule has 0 unspecified atom stereocenters. The van der Waals surface area contributed by atoms with E-state index in [-0.39, 0.29) is 17.3 Å². The van der Waals surface area contributed by atoms with Crippen molar-refractivity contribution in [1.82, 2.24) is 14.7 Å². The van der Waals surface area contributed by atoms with E-state index in [1.165, 1.54) is 12.1 Å². The molecule has 0 bridgehead atoms. The van der Waals surface area contributed by atoms with Gasteiger partial charge in [-0.15, -0.1) is 0 Å². The summed E-state index contributed by atoms with van der Waals surface area (Å²) in [5, 5.41) is 0. The molecule has 0 saturated heterocycles. The molecule has 0 saturated carbocycles. The molecule has 0 atom stereocenters. The fraction of sp³-hybridized carbons (Fsp3) is 0.353. The normalized spacial score (nSPS) is 11.5. The van der Waals surface area contributed by atoms with Crippen LogP contribution in [-0.2, 0) is 14.8 Å². The Kier molecular flexibility index (Phi) is 5.73. The van der Waals surface area contributed by atoms with E-state index in [0.717, 1.165) is 0 Å². The number of carbonyl (C=O) groups is 1. The summed E-state index contributed by atoms with van der Waals surface area (Å²) in [6.45, 7) is 5.72. The molecule has 0 radical (unpaired) electrons. The predicted molar refractivity (Wildman–Crippen MR) is 96.0 cm³/mol. The summed E-state index contributed by atoms with van der Waals surface area (Å²) in [6.07, 6.45) is 0.791. The predicted octanol–water partition coefficient (Wildman–Crippen LogP) is 2.28. The SMILES string of the molecule is Cc1cc(-c2cccc(S(=O)(=O)NC(=O)CCC(C)C)c2)nc(N)n1. The highest BCUT2D eigenvalue weighted by molar-refractivity contribution is 7.90. The van der Waals surface area contributed by atoms with E-state index in [4.69, 9.17) is 5.73 Å². The van der Waals surface area contributed by atoms with Crippen molar-refractivity contribution in [2.45, 2.75) is 38.5 Å². The van der Waals surface area contributed by atoms with Crippen LogP contribution in [0, 0.1) is 12.8 Å². The lowest BCUT2D eigenvalue weighted by atomic mass is 10.1. The van der Waals surface area contributed by atoms with E-state index in [2.05, 4.69) is 14.7 Å². The van der Waals surface area contributed by atoms with Gasteiger partial charge in [-0.2, -0.15) is 0 Å². The quantitative estimate of drug-likeness (QED) is 0.814. The van der Waals surface area contributed by atoms with Crippen LogP contribution in [0.15, 0.2) is 35.2 Å². The van der Waals surface area contributed by atoms with Crippen LogP contribution >= 0.6 is 0 Å². The average Bonchev–Trinajstić information content (AvgIpc) is 2.52. The van der Waals surface area contributed by atoms with Crippen molar-refractivity contribution in [3.8, 4) is 11.3 Å². The third-order valence-corrected chi connectivity index (χ3v) is 4.88. The summed E-state index contributed by atoms with van der Waals surface area (Å²) in [5.41, 5.74) is 7.43. The summed E-state index contributed by atoms with van der Waals surface area (Å²) in [5.74, 6) is -0.0743. The van der Waals surface area contributed by atoms with Crippen LogP contribution in [0.1, 0.15) is 32.4 Å². The molecule has 0 fully saturated rings. The highest BCUT2D eigenvalue weighted by Gasteiger charge is 2.18. The number of aryl methyl sites for hydroxylation is 1. The van der Waals surface area contributed by atoms with Gasteiger partial charge in [0, 0.05) is 17.7 Å². The standard InChI is InChI=1S/C17H22N4O3S/c1-11(2)7-8-16(22)21-25(23,24)14-6-4-5-13(10-14)15-9-12(3)19-17(18)20-15/h4-6,9-11H,7-8H2,1-3H3,(H,21,22)(H2,18,19,20). The number of hydrogen-bond donors (Lipinski definition) is 2. The molecule has 25 heavy (non-hydrogen) atoms. The zero-order valence-electron chi connectivity index (χ0n) is 14.5. The van der Waals surface area contributed by atoms with Gasteiger partial charge < -0.3 is 5.73 Å². The summed E-state index contributed by atoms with van der Waals surface area (Å²) in [7, 11) is -3.93. The average molecular weight is 362 g/mol. The van der Waals surface area contributed by atoms with E-state index in [1.54, 1.807) is 25.1 Å². The first-order valence-corrected chi connectivity index (χ1v) is 9.43. The van der Waals surface area contributed by atoms with Crippen LogP contribution in [0.2, 0.25) is 0 Å². The molecule has 1 aromatic carbocycles. The first-order chi connectivity index (χ1) is 11.7. The first-order valence-electron chi connectivity index (χ1n) is 7.94. The maximum absolute atomic E-state index is 12.4. The Morgan fingerprint density at radius 1 is 1.24 bits per heavy atom. The lowest BCUT2D eigenvalue weighted by Gasteiger charge is -2.10. The molecule has 0 aliphatic heterocycles. The smallest absolute Gasteiger partial charge is 0.264 e. The first kappa shape index (κ1) is 18.9. The number of nitrogens with one attached hydrogen (secondary N) is 1. The maximum Gasteiger partial charge on any atom is 0.264 e. The third-order valence-electron chi connectivity index (χ3n) is 3.51. The molecule has 3 N–H and O–H groups in total. The van der Waals surface area contributed by atoms with Crippen LogP contribution in [0.3, 0.4) is 0 Å². The topological polar surface area (TPSA) is 115 Å². The number of nitrogen functional groups attached to an aromatic ring is 1. The Morgan fingerprint density at radius 3 is 2.60 bits per heavy atom. The van der Waals surface area contributed by atoms with Crippen molar-refractivity contribution in [3.05, 3.63) is 36.0 Å². The number of carbonyl (C=O) groups excluding carboxylic acids is 1. The molecule has 1 aromatic heterocycles. The molecule has 8 heteroatoms. The van der Waals surface area contributed by atoms with Crippen LogP contribution in [0.5, 0.6) is 0 Å². The van der Waals surface area contributed by atoms with Gasteiger partial charge in [-0.25, -0.2) is 23.1 Å². The lowest BCUT2D eigenvalue weighted by Crippen LogP contribution is -2.30. The minimum Gasteiger partial charge on any atom is -0.368 e. The van der Waals surface area contributed by atoms with Gasteiger partial charge in [-0.05, 0) is 37.5 Å². The van der Waals surface area contributed by atoms with Gasteiger partial charge in [0.15, 0.2) is 0 Å². The molecular formula is C17H22N4O3S. The fourth-order valence-corrected chi connectivity index (χ4v) is 3.30. The number of nitrogens with two attached hydrogens (primary N) is 1. The molecule has 2 aromatic rings. The molecule has 134 valence electrons. The van der Waals surface area contributed by atoms with Crippen LogP contribution in [0.25, 0.3) is 11.3 Å². The van der Waals surface area contributed by atoms with Gasteiger partial charge >= 0.3 is 0 Å². The Balaban J connectivity index is 2.26. The van der Waals surface area contributed by atoms with Crippen LogP contribution < -0.4 is 10.5 Å². The summed E-state index contributed by atoms with van der Waals surface area (Å²) >= 11 is 0. The molecule has 2 rings (SSSR count). The van der Waals surface area contributed by atoms with E-state index >= 15 is 0 Å². The number of nitrogens with zero attached hydrogens (tertiary/aromatic N) is 2. The Morgan fingerprint density at radius 2 is 1.96 bits per heavy atom. The second-order valence-corrected chi connectivity index (χ2v) is 7.92. The summed E-state index contributed by atoms with van der Waals surface area (Å²) in [4.78, 5) is 20.0. The molecule has 7 nitrogen and oxygen atoms in total. The zero-order chi connectivity index (χ0) is 18.6. The number of anilines is 1. The number of amides is 1. The molecule has 0 aliphatic rings. The monoisotopic (exact) mass is 362 g/mol. The molecule has 1 amide bonds. The van der Waals surface area contributed by atoms with Crippen LogP contribution in [0.4, 0.5) is 5.95 Å². The number of sulfonamides is 1. The Labute approximate surface area is 147 Å². The van der Waals surface area contributed by atoms with Gasteiger partial charge in [0.05, 0.1) is 10.6 Å². The van der Waals surface area contributed by atoms with Gasteiger partial charge in [-0.3, -0.25) is 4.79 Å². The summed E-state index contributed by atoms with van der Waals surface area (Å²) in [6, 6.07) is 7.92. The number of rotatable bonds is 6. The lowest BCUT2D eigenvalue weighted by molar-refractivity contribution is -0.119. The van der Waals surface area contributed by atoms with Crippen molar-refractivity contribution in [2.75, 3.05) is 5.73 Å². The van der Waals surface area contributed by atoms with Crippen molar-refractivity contribution >= 4 is 21.9 Å². The minimum atomic E-state index is -3.93. The van der Waals surface area contributed by atoms with Crippen molar-refractivity contribution < 1.29 is 13.2 Å². The highest BCUT2D eigenvalue weighted by Crippen LogP contribution is 2.22. The molecule has 0 spiro atoms. The van der Waals surface area contributed by atoms with Crippen molar-refractivity contribution in [2.24, 2.45) is 5.92 Å². The Bertz CT molecular complexity index is 859.